The third kappa shape index (κ3) is 36.1. The van der Waals surface area contributed by atoms with Gasteiger partial charge in [-0.3, -0.25) is 14.4 Å². The van der Waals surface area contributed by atoms with E-state index >= 15 is 0 Å². The van der Waals surface area contributed by atoms with Crippen LogP contribution < -0.4 is 5.32 Å². The third-order valence-electron chi connectivity index (χ3n) is 8.21. The summed E-state index contributed by atoms with van der Waals surface area (Å²) in [5, 5.41) is 11.0. The number of carboxylic acids is 1. The lowest BCUT2D eigenvalue weighted by Gasteiger charge is -2.15. The van der Waals surface area contributed by atoms with E-state index in [-0.39, 0.29) is 24.5 Å². The first kappa shape index (κ1) is 44.4. The Labute approximate surface area is 289 Å². The molecule has 0 fully saturated rings. The minimum Gasteiger partial charge on any atom is -0.480 e. The number of unbranched alkanes of at least 4 members (excludes halogenated alkanes) is 17. The number of carbonyl (C=O) groups excluding carboxylic acids is 2. The van der Waals surface area contributed by atoms with Crippen molar-refractivity contribution in [1.82, 2.24) is 5.32 Å². The second-order valence-electron chi connectivity index (χ2n) is 12.8. The fourth-order valence-corrected chi connectivity index (χ4v) is 5.31. The van der Waals surface area contributed by atoms with Crippen LogP contribution in [0.15, 0.2) is 48.6 Å². The zero-order chi connectivity index (χ0) is 34.5. The molecule has 6 nitrogen and oxygen atoms in total. The van der Waals surface area contributed by atoms with Gasteiger partial charge < -0.3 is 15.2 Å². The Morgan fingerprint density at radius 3 is 1.66 bits per heavy atom. The Morgan fingerprint density at radius 1 is 0.574 bits per heavy atom. The Bertz CT molecular complexity index is 860. The summed E-state index contributed by atoms with van der Waals surface area (Å²) in [5.74, 6) is -1.35. The van der Waals surface area contributed by atoms with Crippen molar-refractivity contribution in [3.05, 3.63) is 48.6 Å². The molecule has 0 aromatic heterocycles. The lowest BCUT2D eigenvalue weighted by Crippen LogP contribution is -2.28. The first-order valence-corrected chi connectivity index (χ1v) is 19.3. The molecule has 0 heterocycles. The van der Waals surface area contributed by atoms with E-state index in [1.807, 2.05) is 0 Å². The van der Waals surface area contributed by atoms with Gasteiger partial charge in [-0.05, 0) is 83.1 Å². The van der Waals surface area contributed by atoms with Gasteiger partial charge in [-0.2, -0.15) is 0 Å². The maximum Gasteiger partial charge on any atom is 0.322 e. The summed E-state index contributed by atoms with van der Waals surface area (Å²) in [7, 11) is 0. The number of allylic oxidation sites excluding steroid dienone is 7. The zero-order valence-electron chi connectivity index (χ0n) is 30.4. The summed E-state index contributed by atoms with van der Waals surface area (Å²) in [4.78, 5) is 34.8. The van der Waals surface area contributed by atoms with Crippen molar-refractivity contribution in [1.29, 1.82) is 0 Å². The number of carboxylic acid groups (broad SMARTS) is 1. The van der Waals surface area contributed by atoms with Crippen molar-refractivity contribution in [3.8, 4) is 0 Å². The second kappa shape index (κ2) is 36.2. The zero-order valence-corrected chi connectivity index (χ0v) is 30.4. The third-order valence-corrected chi connectivity index (χ3v) is 8.21. The molecule has 6 heteroatoms. The molecule has 0 aliphatic carbocycles. The minimum atomic E-state index is -1.03. The number of nitrogens with one attached hydrogen (secondary N) is 1. The number of hydrogen-bond acceptors (Lipinski definition) is 4. The second-order valence-corrected chi connectivity index (χ2v) is 12.8. The van der Waals surface area contributed by atoms with Crippen LogP contribution in [-0.4, -0.2) is 35.6 Å². The normalized spacial score (nSPS) is 12.6. The van der Waals surface area contributed by atoms with Gasteiger partial charge in [0.1, 0.15) is 12.6 Å². The first-order chi connectivity index (χ1) is 23.0. The van der Waals surface area contributed by atoms with E-state index in [1.54, 1.807) is 0 Å². The average Bonchev–Trinajstić information content (AvgIpc) is 3.05. The average molecular weight is 658 g/mol. The molecule has 0 aromatic rings. The minimum absolute atomic E-state index is 0.0973. The summed E-state index contributed by atoms with van der Waals surface area (Å²) < 4.78 is 5.87. The molecule has 0 aliphatic heterocycles. The molecule has 0 saturated carbocycles. The predicted octanol–water partition coefficient (Wildman–Crippen LogP) is 11.5. The molecule has 0 saturated heterocycles. The molecule has 0 aliphatic rings. The molecule has 0 rings (SSSR count). The van der Waals surface area contributed by atoms with Gasteiger partial charge in [-0.25, -0.2) is 0 Å². The summed E-state index contributed by atoms with van der Waals surface area (Å²) in [5.41, 5.74) is 0. The number of rotatable bonds is 34. The van der Waals surface area contributed by atoms with Crippen molar-refractivity contribution >= 4 is 17.8 Å². The quantitative estimate of drug-likeness (QED) is 0.0408. The standard InChI is InChI=1S/C41H71NO5/c1-3-5-7-9-11-12-13-14-15-16-17-18-19-20-21-22-24-26-32-36-41(46)47-38(33-29-25-23-10-8-6-4-2)34-30-27-28-31-35-39(43)42-37-40(44)45/h11-12,14-15,17-18,29,33,38H,3-10,13,16,19-28,30-32,34-37H2,1-2H3,(H,42,43)(H,44,45)/b12-11-,15-14-,18-17-,33-29-. The number of ether oxygens (including phenoxy) is 1. The van der Waals surface area contributed by atoms with Crippen LogP contribution in [0.4, 0.5) is 0 Å². The van der Waals surface area contributed by atoms with Crippen LogP contribution in [0.2, 0.25) is 0 Å². The summed E-state index contributed by atoms with van der Waals surface area (Å²) in [6.07, 6.45) is 45.3. The van der Waals surface area contributed by atoms with Crippen molar-refractivity contribution < 1.29 is 24.2 Å². The molecule has 47 heavy (non-hydrogen) atoms. The van der Waals surface area contributed by atoms with Crippen LogP contribution in [0.3, 0.4) is 0 Å². The van der Waals surface area contributed by atoms with Crippen LogP contribution >= 0.6 is 0 Å². The van der Waals surface area contributed by atoms with E-state index in [9.17, 15) is 14.4 Å². The van der Waals surface area contributed by atoms with E-state index in [0.717, 1.165) is 70.6 Å². The Balaban J connectivity index is 4.08. The van der Waals surface area contributed by atoms with Gasteiger partial charge in [0.15, 0.2) is 0 Å². The largest absolute Gasteiger partial charge is 0.480 e. The van der Waals surface area contributed by atoms with Crippen LogP contribution in [-0.2, 0) is 19.1 Å². The highest BCUT2D eigenvalue weighted by Crippen LogP contribution is 2.15. The van der Waals surface area contributed by atoms with Crippen molar-refractivity contribution in [2.45, 2.75) is 187 Å². The summed E-state index contributed by atoms with van der Waals surface area (Å²) in [6, 6.07) is 0. The lowest BCUT2D eigenvalue weighted by atomic mass is 10.1. The molecular formula is C41H71NO5. The smallest absolute Gasteiger partial charge is 0.322 e. The van der Waals surface area contributed by atoms with Crippen LogP contribution in [0.5, 0.6) is 0 Å². The molecule has 0 bridgehead atoms. The molecule has 270 valence electrons. The van der Waals surface area contributed by atoms with Crippen LogP contribution in [0, 0.1) is 0 Å². The van der Waals surface area contributed by atoms with Gasteiger partial charge in [0.25, 0.3) is 0 Å². The molecular weight excluding hydrogens is 586 g/mol. The van der Waals surface area contributed by atoms with Crippen LogP contribution in [0.1, 0.15) is 181 Å². The number of aliphatic carboxylic acids is 1. The van der Waals surface area contributed by atoms with Crippen molar-refractivity contribution in [3.63, 3.8) is 0 Å². The highest BCUT2D eigenvalue weighted by Gasteiger charge is 2.12. The van der Waals surface area contributed by atoms with Gasteiger partial charge in [0.05, 0.1) is 0 Å². The monoisotopic (exact) mass is 658 g/mol. The van der Waals surface area contributed by atoms with Crippen molar-refractivity contribution in [2.24, 2.45) is 0 Å². The van der Waals surface area contributed by atoms with E-state index in [2.05, 4.69) is 67.8 Å². The molecule has 1 unspecified atom stereocenters. The predicted molar refractivity (Wildman–Crippen MR) is 198 cm³/mol. The SMILES string of the molecule is CCCCC/C=C\C/C=C\C/C=C\CCCCCCCCC(=O)OC(/C=C\CCCCCCC)CCCCCCC(=O)NCC(=O)O. The topological polar surface area (TPSA) is 92.7 Å². The molecule has 0 radical (unpaired) electrons. The van der Waals surface area contributed by atoms with Gasteiger partial charge in [0.2, 0.25) is 5.91 Å². The highest BCUT2D eigenvalue weighted by atomic mass is 16.5. The Morgan fingerprint density at radius 2 is 1.04 bits per heavy atom. The molecule has 2 N–H and O–H groups in total. The van der Waals surface area contributed by atoms with E-state index < -0.39 is 5.97 Å². The fraction of sp³-hybridized carbons (Fsp3) is 0.732. The maximum atomic E-state index is 12.6. The first-order valence-electron chi connectivity index (χ1n) is 19.3. The molecule has 0 spiro atoms. The van der Waals surface area contributed by atoms with Gasteiger partial charge >= 0.3 is 11.9 Å². The van der Waals surface area contributed by atoms with E-state index in [1.165, 1.54) is 83.5 Å². The van der Waals surface area contributed by atoms with Gasteiger partial charge in [0, 0.05) is 12.8 Å². The number of hydrogen-bond donors (Lipinski definition) is 2. The molecule has 0 aromatic carbocycles. The number of carbonyl (C=O) groups is 3. The lowest BCUT2D eigenvalue weighted by molar-refractivity contribution is -0.147. The van der Waals surface area contributed by atoms with Crippen LogP contribution in [0.25, 0.3) is 0 Å². The number of esters is 1. The highest BCUT2D eigenvalue weighted by molar-refractivity contribution is 5.80. The fourth-order valence-electron chi connectivity index (χ4n) is 5.31. The van der Waals surface area contributed by atoms with E-state index in [0.29, 0.717) is 12.8 Å². The van der Waals surface area contributed by atoms with Crippen molar-refractivity contribution in [2.75, 3.05) is 6.54 Å². The Hall–Kier alpha value is -2.63. The summed E-state index contributed by atoms with van der Waals surface area (Å²) >= 11 is 0. The van der Waals surface area contributed by atoms with E-state index in [4.69, 9.17) is 9.84 Å². The van der Waals surface area contributed by atoms with Gasteiger partial charge in [-0.15, -0.1) is 0 Å². The summed E-state index contributed by atoms with van der Waals surface area (Å²) in [6.45, 7) is 4.14. The molecule has 1 amide bonds. The Kier molecular flexibility index (Phi) is 34.2. The molecule has 1 atom stereocenters. The van der Waals surface area contributed by atoms with Gasteiger partial charge in [-0.1, -0.05) is 133 Å². The number of amides is 1. The maximum absolute atomic E-state index is 12.6.